The molecule has 0 fully saturated rings. The van der Waals surface area contributed by atoms with Crippen LogP contribution in [-0.2, 0) is 4.74 Å². The van der Waals surface area contributed by atoms with Gasteiger partial charge in [0.2, 0.25) is 0 Å². The number of nitrogens with zero attached hydrogens (tertiary/aromatic N) is 2. The lowest BCUT2D eigenvalue weighted by Gasteiger charge is -2.07. The molecule has 3 rings (SSSR count). The summed E-state index contributed by atoms with van der Waals surface area (Å²) in [5.41, 5.74) is 2.52. The largest absolute Gasteiger partial charge is 0.461 e. The Bertz CT molecular complexity index is 811. The van der Waals surface area contributed by atoms with Crippen molar-refractivity contribution in [2.24, 2.45) is 0 Å². The summed E-state index contributed by atoms with van der Waals surface area (Å²) in [4.78, 5) is 12.0. The molecule has 0 N–H and O–H groups in total. The maximum atomic E-state index is 13.2. The van der Waals surface area contributed by atoms with Gasteiger partial charge in [0.1, 0.15) is 5.82 Å². The molecule has 0 amide bonds. The Kier molecular flexibility index (Phi) is 4.19. The van der Waals surface area contributed by atoms with Gasteiger partial charge < -0.3 is 4.74 Å². The molecular weight excluding hydrogens is 295 g/mol. The molecule has 5 heteroatoms. The molecule has 0 bridgehead atoms. The Morgan fingerprint density at radius 2 is 1.83 bits per heavy atom. The Hall–Kier alpha value is -2.95. The summed E-state index contributed by atoms with van der Waals surface area (Å²) in [7, 11) is 0. The Morgan fingerprint density at radius 1 is 1.13 bits per heavy atom. The fraction of sp³-hybridized carbons (Fsp3) is 0.111. The van der Waals surface area contributed by atoms with Gasteiger partial charge in [-0.3, -0.25) is 0 Å². The number of ether oxygens (including phenoxy) is 1. The second-order valence-corrected chi connectivity index (χ2v) is 4.89. The maximum Gasteiger partial charge on any atom is 0.358 e. The van der Waals surface area contributed by atoms with Crippen LogP contribution in [0.15, 0.2) is 60.7 Å². The smallest absolute Gasteiger partial charge is 0.358 e. The Balaban J connectivity index is 2.12. The first-order chi connectivity index (χ1) is 11.2. The highest BCUT2D eigenvalue weighted by molar-refractivity contribution is 5.89. The van der Waals surface area contributed by atoms with E-state index in [4.69, 9.17) is 4.74 Å². The van der Waals surface area contributed by atoms with Crippen molar-refractivity contribution in [3.63, 3.8) is 0 Å². The van der Waals surface area contributed by atoms with Gasteiger partial charge in [-0.25, -0.2) is 13.9 Å². The lowest BCUT2D eigenvalue weighted by atomic mass is 10.1. The van der Waals surface area contributed by atoms with Crippen molar-refractivity contribution in [1.29, 1.82) is 0 Å². The minimum absolute atomic E-state index is 0.218. The number of hydrogen-bond acceptors (Lipinski definition) is 3. The van der Waals surface area contributed by atoms with E-state index in [1.54, 1.807) is 29.8 Å². The first-order valence-corrected chi connectivity index (χ1v) is 7.27. The molecule has 3 aromatic rings. The summed E-state index contributed by atoms with van der Waals surface area (Å²) in [6.45, 7) is 2.02. The van der Waals surface area contributed by atoms with Crippen molar-refractivity contribution in [1.82, 2.24) is 9.78 Å². The molecule has 0 spiro atoms. The van der Waals surface area contributed by atoms with Crippen LogP contribution in [0.25, 0.3) is 16.9 Å². The van der Waals surface area contributed by atoms with Crippen LogP contribution in [0.1, 0.15) is 17.4 Å². The molecule has 0 radical (unpaired) electrons. The average Bonchev–Trinajstić information content (AvgIpc) is 3.02. The second-order valence-electron chi connectivity index (χ2n) is 4.89. The number of carbonyl (C=O) groups is 1. The summed E-state index contributed by atoms with van der Waals surface area (Å²) < 4.78 is 19.8. The molecule has 0 unspecified atom stereocenters. The summed E-state index contributed by atoms with van der Waals surface area (Å²) in [6.07, 6.45) is 0. The van der Waals surface area contributed by atoms with Crippen molar-refractivity contribution >= 4 is 5.97 Å². The molecule has 0 saturated carbocycles. The predicted molar refractivity (Wildman–Crippen MR) is 84.9 cm³/mol. The molecule has 0 atom stereocenters. The van der Waals surface area contributed by atoms with E-state index in [-0.39, 0.29) is 18.1 Å². The van der Waals surface area contributed by atoms with Gasteiger partial charge in [0.05, 0.1) is 18.0 Å². The molecule has 23 heavy (non-hydrogen) atoms. The zero-order valence-corrected chi connectivity index (χ0v) is 12.6. The molecule has 1 heterocycles. The SMILES string of the molecule is CCOC(=O)c1cc(-c2ccccc2)n(-c2ccc(F)cc2)n1. The minimum Gasteiger partial charge on any atom is -0.461 e. The van der Waals surface area contributed by atoms with Gasteiger partial charge in [-0.05, 0) is 37.3 Å². The van der Waals surface area contributed by atoms with E-state index in [9.17, 15) is 9.18 Å². The van der Waals surface area contributed by atoms with Crippen LogP contribution in [0.4, 0.5) is 4.39 Å². The van der Waals surface area contributed by atoms with Crippen LogP contribution < -0.4 is 0 Å². The van der Waals surface area contributed by atoms with Crippen LogP contribution in [-0.4, -0.2) is 22.4 Å². The standard InChI is InChI=1S/C18H15FN2O2/c1-2-23-18(22)16-12-17(13-6-4-3-5-7-13)21(20-16)15-10-8-14(19)9-11-15/h3-12H,2H2,1H3. The highest BCUT2D eigenvalue weighted by Crippen LogP contribution is 2.24. The maximum absolute atomic E-state index is 13.2. The number of halogens is 1. The number of hydrogen-bond donors (Lipinski definition) is 0. The topological polar surface area (TPSA) is 44.1 Å². The molecule has 0 aliphatic rings. The van der Waals surface area contributed by atoms with Gasteiger partial charge in [-0.1, -0.05) is 30.3 Å². The summed E-state index contributed by atoms with van der Waals surface area (Å²) in [5.74, 6) is -0.807. The van der Waals surface area contributed by atoms with Crippen LogP contribution in [0, 0.1) is 5.82 Å². The van der Waals surface area contributed by atoms with Gasteiger partial charge in [0.15, 0.2) is 5.69 Å². The summed E-state index contributed by atoms with van der Waals surface area (Å²) in [5, 5.41) is 4.32. The predicted octanol–water partition coefficient (Wildman–Crippen LogP) is 3.86. The highest BCUT2D eigenvalue weighted by atomic mass is 19.1. The average molecular weight is 310 g/mol. The van der Waals surface area contributed by atoms with Gasteiger partial charge in [-0.2, -0.15) is 5.10 Å². The molecule has 0 saturated heterocycles. The van der Waals surface area contributed by atoms with E-state index in [2.05, 4.69) is 5.10 Å². The summed E-state index contributed by atoms with van der Waals surface area (Å²) >= 11 is 0. The van der Waals surface area contributed by atoms with Crippen LogP contribution in [0.5, 0.6) is 0 Å². The first kappa shape index (κ1) is 15.0. The van der Waals surface area contributed by atoms with Crippen molar-refractivity contribution in [2.75, 3.05) is 6.61 Å². The fourth-order valence-corrected chi connectivity index (χ4v) is 2.28. The lowest BCUT2D eigenvalue weighted by molar-refractivity contribution is 0.0519. The molecule has 0 aliphatic carbocycles. The van der Waals surface area contributed by atoms with Gasteiger partial charge in [0, 0.05) is 5.56 Å². The van der Waals surface area contributed by atoms with Crippen molar-refractivity contribution in [2.45, 2.75) is 6.92 Å². The number of carbonyl (C=O) groups excluding carboxylic acids is 1. The first-order valence-electron chi connectivity index (χ1n) is 7.27. The zero-order valence-electron chi connectivity index (χ0n) is 12.6. The number of esters is 1. The van der Waals surface area contributed by atoms with Crippen LogP contribution >= 0.6 is 0 Å². The van der Waals surface area contributed by atoms with Gasteiger partial charge in [-0.15, -0.1) is 0 Å². The molecular formula is C18H15FN2O2. The van der Waals surface area contributed by atoms with Gasteiger partial charge >= 0.3 is 5.97 Å². The quantitative estimate of drug-likeness (QED) is 0.687. The Morgan fingerprint density at radius 3 is 2.48 bits per heavy atom. The van der Waals surface area contributed by atoms with E-state index >= 15 is 0 Å². The molecule has 4 nitrogen and oxygen atoms in total. The van der Waals surface area contributed by atoms with E-state index < -0.39 is 5.97 Å². The molecule has 2 aromatic carbocycles. The molecule has 0 aliphatic heterocycles. The van der Waals surface area contributed by atoms with E-state index in [1.165, 1.54) is 12.1 Å². The van der Waals surface area contributed by atoms with Crippen LogP contribution in [0.3, 0.4) is 0 Å². The highest BCUT2D eigenvalue weighted by Gasteiger charge is 2.17. The van der Waals surface area contributed by atoms with Crippen molar-refractivity contribution in [3.05, 3.63) is 72.2 Å². The number of rotatable bonds is 4. The van der Waals surface area contributed by atoms with Crippen LogP contribution in [0.2, 0.25) is 0 Å². The van der Waals surface area contributed by atoms with E-state index in [0.717, 1.165) is 11.3 Å². The number of benzene rings is 2. The van der Waals surface area contributed by atoms with Crippen molar-refractivity contribution in [3.8, 4) is 16.9 Å². The lowest BCUT2D eigenvalue weighted by Crippen LogP contribution is -2.06. The third-order valence-corrected chi connectivity index (χ3v) is 3.33. The minimum atomic E-state index is -0.481. The zero-order chi connectivity index (χ0) is 16.2. The van der Waals surface area contributed by atoms with E-state index in [1.807, 2.05) is 30.3 Å². The Labute approximate surface area is 133 Å². The van der Waals surface area contributed by atoms with Gasteiger partial charge in [0.25, 0.3) is 0 Å². The van der Waals surface area contributed by atoms with Crippen molar-refractivity contribution < 1.29 is 13.9 Å². The third kappa shape index (κ3) is 3.13. The fourth-order valence-electron chi connectivity index (χ4n) is 2.28. The molecule has 116 valence electrons. The normalized spacial score (nSPS) is 10.5. The summed E-state index contributed by atoms with van der Waals surface area (Å²) in [6, 6.07) is 17.2. The monoisotopic (exact) mass is 310 g/mol. The molecule has 1 aromatic heterocycles. The third-order valence-electron chi connectivity index (χ3n) is 3.33. The second kappa shape index (κ2) is 6.44. The van der Waals surface area contributed by atoms with E-state index in [0.29, 0.717) is 5.69 Å². The number of aromatic nitrogens is 2.